The summed E-state index contributed by atoms with van der Waals surface area (Å²) in [5, 5.41) is 2.56. The van der Waals surface area contributed by atoms with Gasteiger partial charge in [0.05, 0.1) is 21.8 Å². The Hall–Kier alpha value is -4.14. The number of rotatable bonds is 10. The lowest BCUT2D eigenvalue weighted by molar-refractivity contribution is 0.489. The lowest BCUT2D eigenvalue weighted by Crippen LogP contribution is -2.27. The van der Waals surface area contributed by atoms with Crippen molar-refractivity contribution in [1.29, 1.82) is 0 Å². The molecule has 2 heterocycles. The van der Waals surface area contributed by atoms with Crippen LogP contribution < -0.4 is 11.1 Å². The van der Waals surface area contributed by atoms with Gasteiger partial charge in [-0.2, -0.15) is 0 Å². The van der Waals surface area contributed by atoms with E-state index in [4.69, 9.17) is 9.97 Å². The van der Waals surface area contributed by atoms with Crippen LogP contribution in [0.4, 0.5) is 0 Å². The van der Waals surface area contributed by atoms with Crippen LogP contribution in [0.2, 0.25) is 0 Å². The minimum absolute atomic E-state index is 0.0602. The molecule has 0 fully saturated rings. The molecule has 0 unspecified atom stereocenters. The van der Waals surface area contributed by atoms with Crippen LogP contribution in [0.1, 0.15) is 28.7 Å². The number of para-hydroxylation sites is 2. The van der Waals surface area contributed by atoms with E-state index in [9.17, 15) is 9.59 Å². The van der Waals surface area contributed by atoms with Crippen molar-refractivity contribution < 1.29 is 0 Å². The molecule has 8 heteroatoms. The Morgan fingerprint density at radius 1 is 0.558 bits per heavy atom. The maximum Gasteiger partial charge on any atom is 0.262 e. The Morgan fingerprint density at radius 2 is 0.953 bits per heavy atom. The minimum Gasteiger partial charge on any atom is -0.287 e. The number of thioether (sulfide) groups is 2. The highest BCUT2D eigenvalue weighted by Gasteiger charge is 2.15. The normalized spacial score (nSPS) is 11.4. The average Bonchev–Trinajstić information content (AvgIpc) is 3.03. The van der Waals surface area contributed by atoms with Gasteiger partial charge in [0.2, 0.25) is 0 Å². The van der Waals surface area contributed by atoms with Crippen LogP contribution in [-0.2, 0) is 24.6 Å². The highest BCUT2D eigenvalue weighted by atomic mass is 32.2. The van der Waals surface area contributed by atoms with Gasteiger partial charge in [0.1, 0.15) is 0 Å². The van der Waals surface area contributed by atoms with Crippen molar-refractivity contribution in [2.75, 3.05) is 0 Å². The van der Waals surface area contributed by atoms with Crippen molar-refractivity contribution in [3.63, 3.8) is 0 Å². The quantitative estimate of drug-likeness (QED) is 0.120. The van der Waals surface area contributed by atoms with E-state index >= 15 is 0 Å². The molecule has 216 valence electrons. The summed E-state index contributed by atoms with van der Waals surface area (Å²) in [6.07, 6.45) is 0.579. The second kappa shape index (κ2) is 13.0. The molecule has 6 nitrogen and oxygen atoms in total. The first-order valence-corrected chi connectivity index (χ1v) is 16.3. The molecule has 2 aromatic heterocycles. The summed E-state index contributed by atoms with van der Waals surface area (Å²) in [6.45, 7) is 5.02. The number of benzene rings is 4. The first-order valence-electron chi connectivity index (χ1n) is 14.3. The summed E-state index contributed by atoms with van der Waals surface area (Å²) >= 11 is 3.13. The molecule has 6 rings (SSSR count). The van der Waals surface area contributed by atoms with E-state index in [0.717, 1.165) is 0 Å². The van der Waals surface area contributed by atoms with Gasteiger partial charge in [0, 0.05) is 24.6 Å². The summed E-state index contributed by atoms with van der Waals surface area (Å²) in [5.41, 5.74) is 6.04. The van der Waals surface area contributed by atoms with Crippen molar-refractivity contribution in [2.24, 2.45) is 0 Å². The summed E-state index contributed by atoms with van der Waals surface area (Å²) < 4.78 is 3.53. The lowest BCUT2D eigenvalue weighted by atomic mass is 10.2. The van der Waals surface area contributed by atoms with Crippen molar-refractivity contribution in [1.82, 2.24) is 19.1 Å². The number of aryl methyl sites for hydroxylation is 2. The van der Waals surface area contributed by atoms with Gasteiger partial charge in [-0.25, -0.2) is 9.97 Å². The number of fused-ring (bicyclic) bond motifs is 2. The molecule has 0 radical (unpaired) electrons. The zero-order chi connectivity index (χ0) is 29.8. The number of aromatic nitrogens is 4. The highest BCUT2D eigenvalue weighted by Crippen LogP contribution is 2.25. The fourth-order valence-corrected chi connectivity index (χ4v) is 6.92. The number of hydrogen-bond acceptors (Lipinski definition) is 6. The SMILES string of the molecule is Cc1ccc(CSc2nc3ccccc3c(=O)n2CCCn2c(SCc3ccc(C)cc3)nc3ccccc3c2=O)cc1. The third-order valence-corrected chi connectivity index (χ3v) is 9.49. The van der Waals surface area contributed by atoms with Gasteiger partial charge in [-0.05, 0) is 55.7 Å². The van der Waals surface area contributed by atoms with Gasteiger partial charge in [0.25, 0.3) is 11.1 Å². The molecule has 0 aliphatic rings. The van der Waals surface area contributed by atoms with Gasteiger partial charge < -0.3 is 0 Å². The Morgan fingerprint density at radius 3 is 1.37 bits per heavy atom. The fraction of sp³-hybridized carbons (Fsp3) is 0.200. The van der Waals surface area contributed by atoms with Crippen LogP contribution in [0.15, 0.2) is 117 Å². The third-order valence-electron chi connectivity index (χ3n) is 7.39. The molecule has 0 aliphatic heterocycles. The second-order valence-electron chi connectivity index (χ2n) is 10.6. The van der Waals surface area contributed by atoms with Crippen LogP contribution in [0.3, 0.4) is 0 Å². The van der Waals surface area contributed by atoms with E-state index < -0.39 is 0 Å². The van der Waals surface area contributed by atoms with Crippen LogP contribution in [-0.4, -0.2) is 19.1 Å². The van der Waals surface area contributed by atoms with Crippen molar-refractivity contribution in [2.45, 2.75) is 55.2 Å². The van der Waals surface area contributed by atoms with Crippen LogP contribution in [0.25, 0.3) is 21.8 Å². The summed E-state index contributed by atoms with van der Waals surface area (Å²) in [7, 11) is 0. The average molecular weight is 605 g/mol. The highest BCUT2D eigenvalue weighted by molar-refractivity contribution is 7.98. The summed E-state index contributed by atoms with van der Waals surface area (Å²) in [5.74, 6) is 1.41. The van der Waals surface area contributed by atoms with E-state index in [-0.39, 0.29) is 11.1 Å². The molecular formula is C35H32N4O2S2. The number of hydrogen-bond donors (Lipinski definition) is 0. The Bertz CT molecular complexity index is 1870. The number of nitrogens with zero attached hydrogens (tertiary/aromatic N) is 4. The van der Waals surface area contributed by atoms with Crippen molar-refractivity contribution in [3.8, 4) is 0 Å². The predicted octanol–water partition coefficient (Wildman–Crippen LogP) is 7.40. The monoisotopic (exact) mass is 604 g/mol. The molecule has 0 bridgehead atoms. The molecular weight excluding hydrogens is 573 g/mol. The molecule has 0 spiro atoms. The predicted molar refractivity (Wildman–Crippen MR) is 178 cm³/mol. The van der Waals surface area contributed by atoms with Crippen LogP contribution in [0, 0.1) is 13.8 Å². The van der Waals surface area contributed by atoms with E-state index in [1.165, 1.54) is 22.3 Å². The van der Waals surface area contributed by atoms with E-state index in [1.54, 1.807) is 32.7 Å². The summed E-state index contributed by atoms with van der Waals surface area (Å²) in [6, 6.07) is 31.8. The van der Waals surface area contributed by atoms with Crippen LogP contribution in [0.5, 0.6) is 0 Å². The van der Waals surface area contributed by atoms with E-state index in [0.29, 0.717) is 63.1 Å². The van der Waals surface area contributed by atoms with Crippen molar-refractivity contribution in [3.05, 3.63) is 140 Å². The lowest BCUT2D eigenvalue weighted by Gasteiger charge is -2.16. The topological polar surface area (TPSA) is 69.8 Å². The van der Waals surface area contributed by atoms with Gasteiger partial charge in [-0.3, -0.25) is 18.7 Å². The van der Waals surface area contributed by atoms with Gasteiger partial charge >= 0.3 is 0 Å². The molecule has 0 N–H and O–H groups in total. The molecule has 43 heavy (non-hydrogen) atoms. The molecule has 0 aliphatic carbocycles. The zero-order valence-electron chi connectivity index (χ0n) is 24.2. The Kier molecular flexibility index (Phi) is 8.77. The second-order valence-corrected chi connectivity index (χ2v) is 12.5. The van der Waals surface area contributed by atoms with E-state index in [2.05, 4.69) is 62.4 Å². The van der Waals surface area contributed by atoms with Gasteiger partial charge in [0.15, 0.2) is 10.3 Å². The maximum atomic E-state index is 13.7. The smallest absolute Gasteiger partial charge is 0.262 e. The van der Waals surface area contributed by atoms with E-state index in [1.807, 2.05) is 48.5 Å². The first kappa shape index (κ1) is 29.0. The molecule has 0 atom stereocenters. The maximum absolute atomic E-state index is 13.7. The first-order chi connectivity index (χ1) is 21.0. The minimum atomic E-state index is -0.0602. The standard InChI is InChI=1S/C35H32N4O2S2/c1-24-12-16-26(17-13-24)22-42-34-36-30-10-5-3-8-28(30)32(40)38(34)20-7-21-39-33(41)29-9-4-6-11-31(29)37-35(39)43-23-27-18-14-25(2)15-19-27/h3-6,8-19H,7,20-23H2,1-2H3. The Balaban J connectivity index is 1.28. The Labute approximate surface area is 258 Å². The largest absolute Gasteiger partial charge is 0.287 e. The summed E-state index contributed by atoms with van der Waals surface area (Å²) in [4.78, 5) is 37.1. The zero-order valence-corrected chi connectivity index (χ0v) is 25.8. The van der Waals surface area contributed by atoms with Gasteiger partial charge in [-0.1, -0.05) is 107 Å². The molecule has 0 saturated carbocycles. The molecule has 0 amide bonds. The molecule has 6 aromatic rings. The van der Waals surface area contributed by atoms with Crippen molar-refractivity contribution >= 4 is 45.3 Å². The van der Waals surface area contributed by atoms with Gasteiger partial charge in [-0.15, -0.1) is 0 Å². The molecule has 0 saturated heterocycles. The molecule has 4 aromatic carbocycles. The van der Waals surface area contributed by atoms with Crippen LogP contribution >= 0.6 is 23.5 Å². The fourth-order valence-electron chi connectivity index (χ4n) is 4.96. The third kappa shape index (κ3) is 6.60.